The van der Waals surface area contributed by atoms with Crippen molar-refractivity contribution in [2.75, 3.05) is 7.05 Å². The summed E-state index contributed by atoms with van der Waals surface area (Å²) in [5, 5.41) is 11.4. The van der Waals surface area contributed by atoms with Crippen LogP contribution in [-0.4, -0.2) is 44.3 Å². The number of nitrogens with zero attached hydrogens (tertiary/aromatic N) is 4. The summed E-state index contributed by atoms with van der Waals surface area (Å²) in [4.78, 5) is 29.1. The third-order valence-electron chi connectivity index (χ3n) is 5.92. The molecule has 0 fully saturated rings. The lowest BCUT2D eigenvalue weighted by Crippen LogP contribution is -2.34. The molecule has 0 aliphatic rings. The smallest absolute Gasteiger partial charge is 0.229 e. The number of aliphatic imine (C=N–C) groups is 1. The summed E-state index contributed by atoms with van der Waals surface area (Å²) in [6, 6.07) is 7.78. The van der Waals surface area contributed by atoms with Gasteiger partial charge < -0.3 is 14.7 Å². The molecule has 4 aromatic heterocycles. The van der Waals surface area contributed by atoms with Gasteiger partial charge in [-0.2, -0.15) is 5.10 Å². The van der Waals surface area contributed by atoms with E-state index in [2.05, 4.69) is 37.1 Å². The molecule has 37 heavy (non-hydrogen) atoms. The number of hydrogen-bond acceptors (Lipinski definition) is 6. The van der Waals surface area contributed by atoms with Gasteiger partial charge in [0.2, 0.25) is 5.91 Å². The second-order valence-corrected chi connectivity index (χ2v) is 9.73. The Bertz CT molecular complexity index is 1680. The van der Waals surface area contributed by atoms with Gasteiger partial charge in [0.1, 0.15) is 11.2 Å². The van der Waals surface area contributed by atoms with E-state index in [1.165, 1.54) is 0 Å². The molecule has 9 nitrogen and oxygen atoms in total. The minimum absolute atomic E-state index is 0.104. The molecule has 0 radical (unpaired) electrons. The molecule has 1 amide bonds. The number of amides is 1. The van der Waals surface area contributed by atoms with Crippen molar-refractivity contribution in [3.63, 3.8) is 0 Å². The lowest BCUT2D eigenvalue weighted by Gasteiger charge is -2.18. The zero-order valence-electron chi connectivity index (χ0n) is 21.1. The van der Waals surface area contributed by atoms with Crippen LogP contribution in [0.25, 0.3) is 50.2 Å². The number of allylic oxidation sites excluding steroid dienone is 3. The second-order valence-electron chi connectivity index (χ2n) is 9.73. The third-order valence-corrected chi connectivity index (χ3v) is 5.92. The van der Waals surface area contributed by atoms with Crippen LogP contribution in [0.1, 0.15) is 26.3 Å². The van der Waals surface area contributed by atoms with Gasteiger partial charge in [0.05, 0.1) is 35.5 Å². The maximum absolute atomic E-state index is 12.5. The van der Waals surface area contributed by atoms with Gasteiger partial charge in [0.15, 0.2) is 5.82 Å². The Hall–Kier alpha value is -4.79. The van der Waals surface area contributed by atoms with Crippen LogP contribution in [0.5, 0.6) is 0 Å². The maximum Gasteiger partial charge on any atom is 0.229 e. The number of aromatic nitrogens is 5. The van der Waals surface area contributed by atoms with Crippen LogP contribution >= 0.6 is 0 Å². The molecule has 0 spiro atoms. The van der Waals surface area contributed by atoms with Crippen molar-refractivity contribution >= 4 is 39.6 Å². The number of carbonyl (C=O) groups excluding carboxylic acids is 1. The normalized spacial score (nSPS) is 12.6. The molecular weight excluding hydrogens is 466 g/mol. The molecule has 1 aromatic carbocycles. The second kappa shape index (κ2) is 9.34. The molecule has 5 aromatic rings. The Labute approximate surface area is 213 Å². The zero-order valence-corrected chi connectivity index (χ0v) is 21.1. The molecule has 0 aliphatic carbocycles. The minimum Gasteiger partial charge on any atom is -0.472 e. The monoisotopic (exact) mass is 493 g/mol. The van der Waals surface area contributed by atoms with Crippen molar-refractivity contribution in [3.8, 4) is 22.6 Å². The highest BCUT2D eigenvalue weighted by atomic mass is 16.3. The SMILES string of the molecule is C=C(/C=C(\C=N/C)NC(=O)C(C)(C)C)c1ccc2[nH]nc(-c3nc4c(-c5ccoc5)cncc4[nH]3)c2c1. The number of H-pyrrole nitrogens is 2. The molecule has 0 unspecified atom stereocenters. The van der Waals surface area contributed by atoms with E-state index in [1.807, 2.05) is 51.1 Å². The molecule has 186 valence electrons. The fourth-order valence-electron chi connectivity index (χ4n) is 3.90. The fraction of sp³-hybridized carbons (Fsp3) is 0.179. The van der Waals surface area contributed by atoms with Crippen molar-refractivity contribution in [2.45, 2.75) is 20.8 Å². The van der Waals surface area contributed by atoms with E-state index in [0.29, 0.717) is 22.8 Å². The van der Waals surface area contributed by atoms with E-state index in [4.69, 9.17) is 9.40 Å². The predicted octanol–water partition coefficient (Wildman–Crippen LogP) is 5.52. The van der Waals surface area contributed by atoms with Gasteiger partial charge in [-0.15, -0.1) is 0 Å². The number of fused-ring (bicyclic) bond motifs is 2. The summed E-state index contributed by atoms with van der Waals surface area (Å²) in [6.45, 7) is 9.80. The minimum atomic E-state index is -0.536. The van der Waals surface area contributed by atoms with E-state index in [1.54, 1.807) is 38.2 Å². The van der Waals surface area contributed by atoms with Gasteiger partial charge in [-0.1, -0.05) is 33.4 Å². The van der Waals surface area contributed by atoms with Gasteiger partial charge in [0.25, 0.3) is 0 Å². The molecule has 4 heterocycles. The standard InChI is InChI=1S/C28H27N7O2/c1-16(10-19(12-29-5)31-27(36)28(2,3)4)17-6-7-22-20(11-17)25(35-34-22)26-32-23-14-30-13-21(24(23)33-26)18-8-9-37-15-18/h6-15H,1H2,2-5H3,(H,31,36)(H,32,33)(H,34,35)/b19-10+,29-12-. The van der Waals surface area contributed by atoms with E-state index < -0.39 is 5.41 Å². The van der Waals surface area contributed by atoms with Crippen LogP contribution in [0.15, 0.2) is 76.9 Å². The summed E-state index contributed by atoms with van der Waals surface area (Å²) in [5.74, 6) is 0.515. The van der Waals surface area contributed by atoms with E-state index in [9.17, 15) is 4.79 Å². The lowest BCUT2D eigenvalue weighted by molar-refractivity contribution is -0.127. The Balaban J connectivity index is 1.52. The highest BCUT2D eigenvalue weighted by Gasteiger charge is 2.22. The summed E-state index contributed by atoms with van der Waals surface area (Å²) >= 11 is 0. The summed E-state index contributed by atoms with van der Waals surface area (Å²) in [7, 11) is 1.66. The number of rotatable bonds is 6. The quantitative estimate of drug-likeness (QED) is 0.212. The molecule has 9 heteroatoms. The van der Waals surface area contributed by atoms with E-state index >= 15 is 0 Å². The third kappa shape index (κ3) is 4.71. The maximum atomic E-state index is 12.5. The van der Waals surface area contributed by atoms with Crippen LogP contribution in [0.2, 0.25) is 0 Å². The van der Waals surface area contributed by atoms with Gasteiger partial charge in [-0.3, -0.25) is 19.9 Å². The first-order valence-corrected chi connectivity index (χ1v) is 11.7. The van der Waals surface area contributed by atoms with Gasteiger partial charge >= 0.3 is 0 Å². The van der Waals surface area contributed by atoms with Crippen LogP contribution in [0.3, 0.4) is 0 Å². The number of nitrogens with one attached hydrogen (secondary N) is 3. The number of pyridine rings is 1. The summed E-state index contributed by atoms with van der Waals surface area (Å²) in [5.41, 5.74) is 6.51. The summed E-state index contributed by atoms with van der Waals surface area (Å²) in [6.07, 6.45) is 10.2. The van der Waals surface area contributed by atoms with Crippen LogP contribution in [-0.2, 0) is 4.79 Å². The number of hydrogen-bond donors (Lipinski definition) is 3. The van der Waals surface area contributed by atoms with Gasteiger partial charge in [-0.05, 0) is 35.4 Å². The van der Waals surface area contributed by atoms with Gasteiger partial charge in [-0.25, -0.2) is 4.98 Å². The highest BCUT2D eigenvalue weighted by Crippen LogP contribution is 2.32. The fourth-order valence-corrected chi connectivity index (χ4v) is 3.90. The molecule has 0 saturated carbocycles. The van der Waals surface area contributed by atoms with E-state index in [-0.39, 0.29) is 5.91 Å². The van der Waals surface area contributed by atoms with E-state index in [0.717, 1.165) is 38.6 Å². The first-order valence-electron chi connectivity index (χ1n) is 11.7. The zero-order chi connectivity index (χ0) is 26.2. The average molecular weight is 494 g/mol. The van der Waals surface area contributed by atoms with Crippen molar-refractivity contribution in [1.82, 2.24) is 30.5 Å². The number of benzene rings is 1. The Morgan fingerprint density at radius 1 is 1.19 bits per heavy atom. The van der Waals surface area contributed by atoms with Crippen LogP contribution < -0.4 is 5.32 Å². The highest BCUT2D eigenvalue weighted by molar-refractivity contribution is 5.98. The van der Waals surface area contributed by atoms with Crippen molar-refractivity contribution in [2.24, 2.45) is 10.4 Å². The number of aromatic amines is 2. The first kappa shape index (κ1) is 23.9. The molecule has 0 bridgehead atoms. The largest absolute Gasteiger partial charge is 0.472 e. The topological polar surface area (TPSA) is 125 Å². The molecular formula is C28H27N7O2. The van der Waals surface area contributed by atoms with Crippen molar-refractivity contribution in [3.05, 3.63) is 73.1 Å². The lowest BCUT2D eigenvalue weighted by atomic mass is 9.95. The number of carbonyl (C=O) groups is 1. The Morgan fingerprint density at radius 3 is 2.76 bits per heavy atom. The predicted molar refractivity (Wildman–Crippen MR) is 146 cm³/mol. The molecule has 0 atom stereocenters. The van der Waals surface area contributed by atoms with Crippen LogP contribution in [0.4, 0.5) is 0 Å². The Kier molecular flexibility index (Phi) is 6.04. The average Bonchev–Trinajstić information content (AvgIpc) is 3.62. The summed E-state index contributed by atoms with van der Waals surface area (Å²) < 4.78 is 5.24. The Morgan fingerprint density at radius 2 is 2.03 bits per heavy atom. The van der Waals surface area contributed by atoms with Crippen molar-refractivity contribution in [1.29, 1.82) is 0 Å². The van der Waals surface area contributed by atoms with Crippen LogP contribution in [0, 0.1) is 5.41 Å². The number of furan rings is 1. The molecule has 5 rings (SSSR count). The molecule has 0 aliphatic heterocycles. The molecule has 0 saturated heterocycles. The van der Waals surface area contributed by atoms with Crippen molar-refractivity contribution < 1.29 is 9.21 Å². The molecule has 3 N–H and O–H groups in total. The first-order chi connectivity index (χ1) is 17.7. The number of imidazole rings is 1. The van der Waals surface area contributed by atoms with Gasteiger partial charge in [0, 0.05) is 41.4 Å².